The molecule has 0 radical (unpaired) electrons. The number of methoxy groups -OCH3 is 2. The van der Waals surface area contributed by atoms with E-state index in [2.05, 4.69) is 9.47 Å². The third kappa shape index (κ3) is 2.47. The first kappa shape index (κ1) is 12.9. The smallest absolute Gasteiger partial charge is 0.312 e. The maximum atomic E-state index is 11.4. The summed E-state index contributed by atoms with van der Waals surface area (Å²) in [6.45, 7) is 5.21. The molecule has 0 aliphatic heterocycles. The van der Waals surface area contributed by atoms with Crippen molar-refractivity contribution in [3.63, 3.8) is 0 Å². The van der Waals surface area contributed by atoms with Crippen molar-refractivity contribution in [1.82, 2.24) is 0 Å². The fourth-order valence-corrected chi connectivity index (χ4v) is 1.52. The standard InChI is InChI=1S/C10H18O4/c1-6-7(8(11)13-4)10(2,3)9(12)14-5/h7H,6H2,1-5H3. The molecule has 0 saturated heterocycles. The van der Waals surface area contributed by atoms with Crippen molar-refractivity contribution < 1.29 is 19.1 Å². The maximum Gasteiger partial charge on any atom is 0.312 e. The predicted molar refractivity (Wildman–Crippen MR) is 51.6 cm³/mol. The van der Waals surface area contributed by atoms with Gasteiger partial charge in [0.2, 0.25) is 0 Å². The molecule has 4 heteroatoms. The van der Waals surface area contributed by atoms with Crippen LogP contribution >= 0.6 is 0 Å². The van der Waals surface area contributed by atoms with Crippen LogP contribution in [0.15, 0.2) is 0 Å². The first-order chi connectivity index (χ1) is 6.41. The number of hydrogen-bond acceptors (Lipinski definition) is 4. The largest absolute Gasteiger partial charge is 0.469 e. The van der Waals surface area contributed by atoms with Crippen molar-refractivity contribution in [2.24, 2.45) is 11.3 Å². The van der Waals surface area contributed by atoms with Crippen molar-refractivity contribution in [3.05, 3.63) is 0 Å². The molecule has 0 aromatic heterocycles. The molecule has 14 heavy (non-hydrogen) atoms. The molecule has 0 heterocycles. The van der Waals surface area contributed by atoms with Gasteiger partial charge in [0.05, 0.1) is 25.6 Å². The Bertz CT molecular complexity index is 220. The number of hydrogen-bond donors (Lipinski definition) is 0. The van der Waals surface area contributed by atoms with Crippen molar-refractivity contribution in [3.8, 4) is 0 Å². The van der Waals surface area contributed by atoms with E-state index < -0.39 is 17.3 Å². The lowest BCUT2D eigenvalue weighted by Crippen LogP contribution is -2.38. The summed E-state index contributed by atoms with van der Waals surface area (Å²) in [5.41, 5.74) is -0.837. The summed E-state index contributed by atoms with van der Waals surface area (Å²) >= 11 is 0. The molecule has 0 aliphatic rings. The van der Waals surface area contributed by atoms with Crippen LogP contribution in [0.3, 0.4) is 0 Å². The molecule has 0 amide bonds. The molecular weight excluding hydrogens is 184 g/mol. The SMILES string of the molecule is CCC(C(=O)OC)C(C)(C)C(=O)OC. The Morgan fingerprint density at radius 3 is 2.00 bits per heavy atom. The average Bonchev–Trinajstić information content (AvgIpc) is 2.16. The Kier molecular flexibility index (Phi) is 4.60. The van der Waals surface area contributed by atoms with Crippen LogP contribution in [-0.4, -0.2) is 26.2 Å². The molecular formula is C10H18O4. The second-order valence-corrected chi connectivity index (χ2v) is 3.70. The molecule has 0 bridgehead atoms. The lowest BCUT2D eigenvalue weighted by atomic mass is 9.77. The second kappa shape index (κ2) is 4.98. The lowest BCUT2D eigenvalue weighted by Gasteiger charge is -2.28. The average molecular weight is 202 g/mol. The summed E-state index contributed by atoms with van der Waals surface area (Å²) in [6, 6.07) is 0. The van der Waals surface area contributed by atoms with Crippen molar-refractivity contribution in [2.75, 3.05) is 14.2 Å². The highest BCUT2D eigenvalue weighted by Crippen LogP contribution is 2.31. The van der Waals surface area contributed by atoms with Gasteiger partial charge >= 0.3 is 11.9 Å². The Labute approximate surface area is 84.6 Å². The van der Waals surface area contributed by atoms with E-state index in [1.807, 2.05) is 6.92 Å². The quantitative estimate of drug-likeness (QED) is 0.646. The normalized spacial score (nSPS) is 13.2. The molecule has 0 aliphatic carbocycles. The summed E-state index contributed by atoms with van der Waals surface area (Å²) < 4.78 is 9.28. The maximum absolute atomic E-state index is 11.4. The molecule has 0 N–H and O–H groups in total. The van der Waals surface area contributed by atoms with Crippen LogP contribution in [0.2, 0.25) is 0 Å². The Morgan fingerprint density at radius 2 is 1.71 bits per heavy atom. The fraction of sp³-hybridized carbons (Fsp3) is 0.800. The van der Waals surface area contributed by atoms with Crippen LogP contribution < -0.4 is 0 Å². The zero-order chi connectivity index (χ0) is 11.4. The van der Waals surface area contributed by atoms with E-state index in [9.17, 15) is 9.59 Å². The minimum Gasteiger partial charge on any atom is -0.469 e. The Hall–Kier alpha value is -1.06. The molecule has 0 aromatic rings. The molecule has 4 nitrogen and oxygen atoms in total. The van der Waals surface area contributed by atoms with Gasteiger partial charge in [-0.3, -0.25) is 9.59 Å². The monoisotopic (exact) mass is 202 g/mol. The number of rotatable bonds is 4. The van der Waals surface area contributed by atoms with Crippen molar-refractivity contribution >= 4 is 11.9 Å². The topological polar surface area (TPSA) is 52.6 Å². The third-order valence-electron chi connectivity index (χ3n) is 2.48. The summed E-state index contributed by atoms with van der Waals surface area (Å²) in [4.78, 5) is 22.8. The zero-order valence-electron chi connectivity index (χ0n) is 9.42. The van der Waals surface area contributed by atoms with E-state index in [0.717, 1.165) is 0 Å². The van der Waals surface area contributed by atoms with Crippen LogP contribution in [0.1, 0.15) is 27.2 Å². The molecule has 1 unspecified atom stereocenters. The van der Waals surface area contributed by atoms with Gasteiger partial charge in [-0.15, -0.1) is 0 Å². The molecule has 0 rings (SSSR count). The van der Waals surface area contributed by atoms with Gasteiger partial charge in [0.1, 0.15) is 0 Å². The number of carbonyl (C=O) groups is 2. The third-order valence-corrected chi connectivity index (χ3v) is 2.48. The highest BCUT2D eigenvalue weighted by molar-refractivity contribution is 5.84. The number of carbonyl (C=O) groups excluding carboxylic acids is 2. The minimum atomic E-state index is -0.837. The van der Waals surface area contributed by atoms with Gasteiger partial charge in [0.25, 0.3) is 0 Å². The number of ether oxygens (including phenoxy) is 2. The van der Waals surface area contributed by atoms with E-state index in [-0.39, 0.29) is 5.97 Å². The van der Waals surface area contributed by atoms with E-state index in [4.69, 9.17) is 0 Å². The molecule has 0 saturated carbocycles. The van der Waals surface area contributed by atoms with E-state index in [0.29, 0.717) is 6.42 Å². The van der Waals surface area contributed by atoms with Crippen molar-refractivity contribution in [2.45, 2.75) is 27.2 Å². The van der Waals surface area contributed by atoms with E-state index in [1.54, 1.807) is 13.8 Å². The van der Waals surface area contributed by atoms with Gasteiger partial charge in [0, 0.05) is 0 Å². The van der Waals surface area contributed by atoms with Crippen LogP contribution in [0, 0.1) is 11.3 Å². The minimum absolute atomic E-state index is 0.372. The molecule has 82 valence electrons. The summed E-state index contributed by atoms with van der Waals surface area (Å²) in [7, 11) is 2.63. The van der Waals surface area contributed by atoms with E-state index >= 15 is 0 Å². The van der Waals surface area contributed by atoms with Crippen LogP contribution in [0.4, 0.5) is 0 Å². The summed E-state index contributed by atoms with van der Waals surface area (Å²) in [5, 5.41) is 0. The fourth-order valence-electron chi connectivity index (χ4n) is 1.52. The summed E-state index contributed by atoms with van der Waals surface area (Å²) in [6.07, 6.45) is 0.550. The highest BCUT2D eigenvalue weighted by atomic mass is 16.5. The van der Waals surface area contributed by atoms with E-state index in [1.165, 1.54) is 14.2 Å². The van der Waals surface area contributed by atoms with Crippen LogP contribution in [0.5, 0.6) is 0 Å². The lowest BCUT2D eigenvalue weighted by molar-refractivity contribution is -0.164. The van der Waals surface area contributed by atoms with Gasteiger partial charge < -0.3 is 9.47 Å². The first-order valence-corrected chi connectivity index (χ1v) is 4.58. The van der Waals surface area contributed by atoms with Gasteiger partial charge in [-0.05, 0) is 20.3 Å². The second-order valence-electron chi connectivity index (χ2n) is 3.70. The van der Waals surface area contributed by atoms with Gasteiger partial charge in [-0.25, -0.2) is 0 Å². The molecule has 0 spiro atoms. The van der Waals surface area contributed by atoms with Crippen LogP contribution in [-0.2, 0) is 19.1 Å². The highest BCUT2D eigenvalue weighted by Gasteiger charge is 2.41. The molecule has 1 atom stereocenters. The van der Waals surface area contributed by atoms with Gasteiger partial charge in [-0.2, -0.15) is 0 Å². The predicted octanol–water partition coefficient (Wildman–Crippen LogP) is 1.38. The zero-order valence-corrected chi connectivity index (χ0v) is 9.42. The van der Waals surface area contributed by atoms with Gasteiger partial charge in [-0.1, -0.05) is 6.92 Å². The van der Waals surface area contributed by atoms with Crippen LogP contribution in [0.25, 0.3) is 0 Å². The Balaban J connectivity index is 4.82. The summed E-state index contributed by atoms with van der Waals surface area (Å²) in [5.74, 6) is -1.22. The number of esters is 2. The first-order valence-electron chi connectivity index (χ1n) is 4.58. The van der Waals surface area contributed by atoms with Gasteiger partial charge in [0.15, 0.2) is 0 Å². The van der Waals surface area contributed by atoms with Crippen molar-refractivity contribution in [1.29, 1.82) is 0 Å². The molecule has 0 aromatic carbocycles. The Morgan fingerprint density at radius 1 is 1.21 bits per heavy atom. The molecule has 0 fully saturated rings.